The highest BCUT2D eigenvalue weighted by molar-refractivity contribution is 6.32. The van der Waals surface area contributed by atoms with Crippen LogP contribution in [0, 0.1) is 0 Å². The van der Waals surface area contributed by atoms with E-state index < -0.39 is 0 Å². The number of likely N-dealkylation sites (N-methyl/N-ethyl adjacent to an activating group) is 1. The zero-order chi connectivity index (χ0) is 17.6. The Balaban J connectivity index is 0.00000243. The molecule has 0 bridgehead atoms. The first-order valence-electron chi connectivity index (χ1n) is 8.40. The van der Waals surface area contributed by atoms with Gasteiger partial charge < -0.3 is 15.0 Å². The number of hydrogen-bond donors (Lipinski definition) is 1. The molecule has 9 heteroatoms. The normalized spacial score (nSPS) is 14.5. The summed E-state index contributed by atoms with van der Waals surface area (Å²) in [5.41, 5.74) is 0.360. The highest BCUT2D eigenvalue weighted by atomic mass is 35.5. The minimum atomic E-state index is -0.164. The van der Waals surface area contributed by atoms with Crippen molar-refractivity contribution in [3.63, 3.8) is 0 Å². The van der Waals surface area contributed by atoms with Crippen LogP contribution in [0.4, 0.5) is 0 Å². The maximum absolute atomic E-state index is 12.5. The molecule has 0 atom stereocenters. The number of rotatable bonds is 6. The molecule has 3 rings (SSSR count). The van der Waals surface area contributed by atoms with Crippen LogP contribution in [0.2, 0.25) is 5.02 Å². The van der Waals surface area contributed by atoms with Crippen molar-refractivity contribution in [1.29, 1.82) is 0 Å². The molecule has 26 heavy (non-hydrogen) atoms. The maximum atomic E-state index is 12.5. The van der Waals surface area contributed by atoms with Crippen LogP contribution in [-0.4, -0.2) is 59.1 Å². The number of aromatic nitrogens is 3. The Morgan fingerprint density at radius 3 is 2.85 bits per heavy atom. The number of nitrogens with one attached hydrogen (secondary N) is 1. The van der Waals surface area contributed by atoms with Crippen molar-refractivity contribution in [2.75, 3.05) is 33.3 Å². The number of para-hydroxylation sites is 1. The van der Waals surface area contributed by atoms with E-state index in [0.717, 1.165) is 25.9 Å². The largest absolute Gasteiger partial charge is 0.490 e. The van der Waals surface area contributed by atoms with Gasteiger partial charge in [-0.3, -0.25) is 4.79 Å². The van der Waals surface area contributed by atoms with Crippen molar-refractivity contribution < 1.29 is 9.53 Å². The SMILES string of the molecule is CN(CCOc1ccccc1Cl)C(=O)c1cn(C2CCNCC2)nn1.Cl. The van der Waals surface area contributed by atoms with Gasteiger partial charge in [-0.15, -0.1) is 17.5 Å². The van der Waals surface area contributed by atoms with Crippen molar-refractivity contribution in [2.24, 2.45) is 0 Å². The van der Waals surface area contributed by atoms with E-state index in [1.165, 1.54) is 0 Å². The summed E-state index contributed by atoms with van der Waals surface area (Å²) in [6.07, 6.45) is 3.74. The van der Waals surface area contributed by atoms with E-state index in [1.807, 2.05) is 16.8 Å². The minimum Gasteiger partial charge on any atom is -0.490 e. The fourth-order valence-electron chi connectivity index (χ4n) is 2.78. The van der Waals surface area contributed by atoms with Crippen LogP contribution >= 0.6 is 24.0 Å². The molecule has 1 aromatic carbocycles. The van der Waals surface area contributed by atoms with Crippen LogP contribution in [-0.2, 0) is 0 Å². The predicted molar refractivity (Wildman–Crippen MR) is 102 cm³/mol. The van der Waals surface area contributed by atoms with Gasteiger partial charge in [0.1, 0.15) is 12.4 Å². The second-order valence-corrected chi connectivity index (χ2v) is 6.48. The Hall–Kier alpha value is -1.83. The number of carbonyl (C=O) groups is 1. The number of ether oxygens (including phenoxy) is 1. The van der Waals surface area contributed by atoms with Gasteiger partial charge in [-0.1, -0.05) is 28.9 Å². The summed E-state index contributed by atoms with van der Waals surface area (Å²) in [7, 11) is 1.72. The number of nitrogens with zero attached hydrogens (tertiary/aromatic N) is 4. The van der Waals surface area contributed by atoms with E-state index in [0.29, 0.717) is 35.7 Å². The average Bonchev–Trinajstić information content (AvgIpc) is 3.13. The van der Waals surface area contributed by atoms with Gasteiger partial charge in [0.25, 0.3) is 5.91 Å². The van der Waals surface area contributed by atoms with Gasteiger partial charge in [0.15, 0.2) is 5.69 Å². The molecule has 0 unspecified atom stereocenters. The van der Waals surface area contributed by atoms with Crippen LogP contribution in [0.5, 0.6) is 5.75 Å². The van der Waals surface area contributed by atoms with Crippen LogP contribution in [0.15, 0.2) is 30.5 Å². The van der Waals surface area contributed by atoms with E-state index in [4.69, 9.17) is 16.3 Å². The highest BCUT2D eigenvalue weighted by Gasteiger charge is 2.20. The molecule has 1 amide bonds. The van der Waals surface area contributed by atoms with E-state index in [2.05, 4.69) is 15.6 Å². The number of amides is 1. The van der Waals surface area contributed by atoms with Gasteiger partial charge in [-0.05, 0) is 38.1 Å². The van der Waals surface area contributed by atoms with Crippen LogP contribution in [0.3, 0.4) is 0 Å². The highest BCUT2D eigenvalue weighted by Crippen LogP contribution is 2.23. The monoisotopic (exact) mass is 399 g/mol. The Morgan fingerprint density at radius 2 is 2.12 bits per heavy atom. The van der Waals surface area contributed by atoms with E-state index >= 15 is 0 Å². The Labute approximate surface area is 164 Å². The molecule has 2 aromatic rings. The number of halogens is 2. The Morgan fingerprint density at radius 1 is 1.38 bits per heavy atom. The number of piperidine rings is 1. The summed E-state index contributed by atoms with van der Waals surface area (Å²) >= 11 is 6.04. The maximum Gasteiger partial charge on any atom is 0.275 e. The molecule has 1 aromatic heterocycles. The number of hydrogen-bond acceptors (Lipinski definition) is 5. The molecule has 0 saturated carbocycles. The van der Waals surface area contributed by atoms with E-state index in [1.54, 1.807) is 30.3 Å². The standard InChI is InChI=1S/C17H22ClN5O2.ClH/c1-22(10-11-25-16-5-3-2-4-14(16)18)17(24)15-12-23(21-20-15)13-6-8-19-9-7-13;/h2-5,12-13,19H,6-11H2,1H3;1H. The lowest BCUT2D eigenvalue weighted by Gasteiger charge is -2.22. The van der Waals surface area contributed by atoms with Gasteiger partial charge in [0.05, 0.1) is 23.8 Å². The lowest BCUT2D eigenvalue weighted by molar-refractivity contribution is 0.0768. The lowest BCUT2D eigenvalue weighted by Crippen LogP contribution is -2.31. The quantitative estimate of drug-likeness (QED) is 0.807. The molecule has 0 spiro atoms. The first kappa shape index (κ1) is 20.5. The summed E-state index contributed by atoms with van der Waals surface area (Å²) in [6.45, 7) is 2.72. The fourth-order valence-corrected chi connectivity index (χ4v) is 2.97. The predicted octanol–water partition coefficient (Wildman–Crippen LogP) is 2.43. The molecule has 1 fully saturated rings. The summed E-state index contributed by atoms with van der Waals surface area (Å²) in [5, 5.41) is 12.0. The molecule has 1 saturated heterocycles. The second kappa shape index (κ2) is 9.75. The number of benzene rings is 1. The molecule has 142 valence electrons. The van der Waals surface area contributed by atoms with Crippen LogP contribution in [0.1, 0.15) is 29.4 Å². The fraction of sp³-hybridized carbons (Fsp3) is 0.471. The molecule has 0 aliphatic carbocycles. The summed E-state index contributed by atoms with van der Waals surface area (Å²) in [5.74, 6) is 0.449. The summed E-state index contributed by atoms with van der Waals surface area (Å²) in [6, 6.07) is 7.58. The van der Waals surface area contributed by atoms with Gasteiger partial charge in [0, 0.05) is 7.05 Å². The van der Waals surface area contributed by atoms with Crippen molar-refractivity contribution in [3.05, 3.63) is 41.2 Å². The molecular weight excluding hydrogens is 377 g/mol. The zero-order valence-corrected chi connectivity index (χ0v) is 16.2. The summed E-state index contributed by atoms with van der Waals surface area (Å²) < 4.78 is 7.43. The van der Waals surface area contributed by atoms with E-state index in [9.17, 15) is 4.79 Å². The van der Waals surface area contributed by atoms with Crippen molar-refractivity contribution in [3.8, 4) is 5.75 Å². The summed E-state index contributed by atoms with van der Waals surface area (Å²) in [4.78, 5) is 14.0. The molecule has 1 N–H and O–H groups in total. The van der Waals surface area contributed by atoms with Gasteiger partial charge in [0.2, 0.25) is 0 Å². The third kappa shape index (κ3) is 5.09. The Bertz CT molecular complexity index is 719. The van der Waals surface area contributed by atoms with Crippen molar-refractivity contribution in [2.45, 2.75) is 18.9 Å². The first-order chi connectivity index (χ1) is 12.1. The third-order valence-electron chi connectivity index (χ3n) is 4.28. The molecule has 0 radical (unpaired) electrons. The minimum absolute atomic E-state index is 0. The third-order valence-corrected chi connectivity index (χ3v) is 4.59. The molecule has 2 heterocycles. The first-order valence-corrected chi connectivity index (χ1v) is 8.78. The van der Waals surface area contributed by atoms with Gasteiger partial charge in [-0.25, -0.2) is 4.68 Å². The molecule has 1 aliphatic rings. The van der Waals surface area contributed by atoms with Crippen LogP contribution < -0.4 is 10.1 Å². The number of carbonyl (C=O) groups excluding carboxylic acids is 1. The van der Waals surface area contributed by atoms with Crippen molar-refractivity contribution >= 4 is 29.9 Å². The zero-order valence-electron chi connectivity index (χ0n) is 14.6. The second-order valence-electron chi connectivity index (χ2n) is 6.07. The van der Waals surface area contributed by atoms with E-state index in [-0.39, 0.29) is 18.3 Å². The molecule has 7 nitrogen and oxygen atoms in total. The van der Waals surface area contributed by atoms with Crippen LogP contribution in [0.25, 0.3) is 0 Å². The topological polar surface area (TPSA) is 72.3 Å². The molecule has 1 aliphatic heterocycles. The van der Waals surface area contributed by atoms with Gasteiger partial charge in [-0.2, -0.15) is 0 Å². The van der Waals surface area contributed by atoms with Gasteiger partial charge >= 0.3 is 0 Å². The molecular formula is C17H23Cl2N5O2. The average molecular weight is 400 g/mol. The van der Waals surface area contributed by atoms with Crippen molar-refractivity contribution in [1.82, 2.24) is 25.2 Å². The Kier molecular flexibility index (Phi) is 7.68. The smallest absolute Gasteiger partial charge is 0.275 e. The lowest BCUT2D eigenvalue weighted by atomic mass is 10.1.